The van der Waals surface area contributed by atoms with Crippen molar-refractivity contribution < 1.29 is 17.9 Å². The molecule has 8 heteroatoms. The predicted molar refractivity (Wildman–Crippen MR) is 78.1 cm³/mol. The molecular weight excluding hydrogens is 294 g/mol. The maximum Gasteiger partial charge on any atom is 0.301 e. The molecule has 1 aromatic rings. The molecule has 2 fully saturated rings. The molecule has 0 radical (unpaired) electrons. The number of benzene rings is 1. The van der Waals surface area contributed by atoms with Crippen LogP contribution in [0.5, 0.6) is 0 Å². The van der Waals surface area contributed by atoms with Gasteiger partial charge in [0.15, 0.2) is 6.29 Å². The van der Waals surface area contributed by atoms with E-state index in [-0.39, 0.29) is 0 Å². The monoisotopic (exact) mass is 313 g/mol. The summed E-state index contributed by atoms with van der Waals surface area (Å²) in [7, 11) is -3.51. The number of ether oxygens (including phenoxy) is 2. The minimum absolute atomic E-state index is 0.409. The van der Waals surface area contributed by atoms with Crippen LogP contribution in [0.15, 0.2) is 24.3 Å². The van der Waals surface area contributed by atoms with Crippen molar-refractivity contribution in [3.63, 3.8) is 0 Å². The second-order valence-corrected chi connectivity index (χ2v) is 6.63. The first-order valence-corrected chi connectivity index (χ1v) is 8.41. The fourth-order valence-electron chi connectivity index (χ4n) is 2.40. The number of rotatable bonds is 4. The molecule has 7 nitrogen and oxygen atoms in total. The Morgan fingerprint density at radius 1 is 1.19 bits per heavy atom. The van der Waals surface area contributed by atoms with Gasteiger partial charge in [0.25, 0.3) is 0 Å². The van der Waals surface area contributed by atoms with Crippen LogP contribution < -0.4 is 10.0 Å². The highest BCUT2D eigenvalue weighted by Crippen LogP contribution is 2.25. The number of hydrogen-bond acceptors (Lipinski definition) is 5. The molecule has 2 aliphatic heterocycles. The molecule has 0 spiro atoms. The van der Waals surface area contributed by atoms with Crippen molar-refractivity contribution in [1.82, 2.24) is 9.62 Å². The Morgan fingerprint density at radius 3 is 2.62 bits per heavy atom. The van der Waals surface area contributed by atoms with Crippen molar-refractivity contribution >= 4 is 15.9 Å². The number of nitrogens with zero attached hydrogens (tertiary/aromatic N) is 1. The van der Waals surface area contributed by atoms with E-state index in [1.165, 1.54) is 4.31 Å². The lowest BCUT2D eigenvalue weighted by atomic mass is 10.2. The van der Waals surface area contributed by atoms with Gasteiger partial charge in [-0.25, -0.2) is 0 Å². The zero-order valence-electron chi connectivity index (χ0n) is 11.6. The first kappa shape index (κ1) is 14.7. The summed E-state index contributed by atoms with van der Waals surface area (Å²) in [5.41, 5.74) is 1.33. The Hall–Kier alpha value is -1.19. The lowest BCUT2D eigenvalue weighted by Gasteiger charge is -2.27. The quantitative estimate of drug-likeness (QED) is 0.835. The summed E-state index contributed by atoms with van der Waals surface area (Å²) in [5, 5.41) is 3.13. The Bertz CT molecular complexity index is 581. The summed E-state index contributed by atoms with van der Waals surface area (Å²) in [6.07, 6.45) is -0.409. The van der Waals surface area contributed by atoms with Crippen molar-refractivity contribution in [3.05, 3.63) is 29.8 Å². The van der Waals surface area contributed by atoms with Crippen molar-refractivity contribution in [2.75, 3.05) is 44.1 Å². The maximum atomic E-state index is 12.3. The topological polar surface area (TPSA) is 79.9 Å². The third-order valence-corrected chi connectivity index (χ3v) is 4.98. The molecule has 3 rings (SSSR count). The van der Waals surface area contributed by atoms with Gasteiger partial charge in [-0.15, -0.1) is 0 Å². The van der Waals surface area contributed by atoms with E-state index in [0.717, 1.165) is 5.56 Å². The van der Waals surface area contributed by atoms with Gasteiger partial charge in [-0.3, -0.25) is 4.72 Å². The first-order valence-electron chi connectivity index (χ1n) is 6.97. The van der Waals surface area contributed by atoms with Gasteiger partial charge in [-0.2, -0.15) is 12.7 Å². The van der Waals surface area contributed by atoms with E-state index in [9.17, 15) is 8.42 Å². The number of piperazine rings is 1. The van der Waals surface area contributed by atoms with Crippen LogP contribution in [0.25, 0.3) is 0 Å². The van der Waals surface area contributed by atoms with Crippen LogP contribution >= 0.6 is 0 Å². The fraction of sp³-hybridized carbons (Fsp3) is 0.538. The Labute approximate surface area is 124 Å². The summed E-state index contributed by atoms with van der Waals surface area (Å²) in [5.74, 6) is 0. The molecule has 2 saturated heterocycles. The zero-order chi connectivity index (χ0) is 14.7. The number of hydrogen-bond donors (Lipinski definition) is 2. The van der Waals surface area contributed by atoms with Gasteiger partial charge in [-0.1, -0.05) is 12.1 Å². The lowest BCUT2D eigenvalue weighted by molar-refractivity contribution is -0.0440. The standard InChI is InChI=1S/C13H19N3O4S/c17-21(18,16-6-4-14-5-7-16)15-12-3-1-2-11(10-12)13-19-8-9-20-13/h1-3,10,13-15H,4-9H2. The van der Waals surface area contributed by atoms with Crippen molar-refractivity contribution in [3.8, 4) is 0 Å². The maximum absolute atomic E-state index is 12.3. The Kier molecular flexibility index (Phi) is 4.41. The van der Waals surface area contributed by atoms with Crippen LogP contribution in [0.2, 0.25) is 0 Å². The van der Waals surface area contributed by atoms with E-state index in [0.29, 0.717) is 45.1 Å². The third kappa shape index (κ3) is 3.53. The van der Waals surface area contributed by atoms with Gasteiger partial charge < -0.3 is 14.8 Å². The van der Waals surface area contributed by atoms with Crippen LogP contribution in [0.1, 0.15) is 11.9 Å². The Morgan fingerprint density at radius 2 is 1.90 bits per heavy atom. The highest BCUT2D eigenvalue weighted by atomic mass is 32.2. The summed E-state index contributed by atoms with van der Waals surface area (Å²) < 4.78 is 39.5. The molecule has 2 aliphatic rings. The first-order chi connectivity index (χ1) is 10.1. The van der Waals surface area contributed by atoms with E-state index >= 15 is 0 Å². The zero-order valence-corrected chi connectivity index (χ0v) is 12.4. The third-order valence-electron chi connectivity index (χ3n) is 3.44. The van der Waals surface area contributed by atoms with E-state index < -0.39 is 16.5 Å². The van der Waals surface area contributed by atoms with Crippen LogP contribution in [0, 0.1) is 0 Å². The van der Waals surface area contributed by atoms with Gasteiger partial charge in [0, 0.05) is 31.7 Å². The lowest BCUT2D eigenvalue weighted by Crippen LogP contribution is -2.48. The molecular formula is C13H19N3O4S. The highest BCUT2D eigenvalue weighted by molar-refractivity contribution is 7.90. The molecule has 0 saturated carbocycles. The molecule has 0 aromatic heterocycles. The average molecular weight is 313 g/mol. The van der Waals surface area contributed by atoms with E-state index in [1.807, 2.05) is 6.07 Å². The van der Waals surface area contributed by atoms with E-state index in [4.69, 9.17) is 9.47 Å². The molecule has 0 aliphatic carbocycles. The van der Waals surface area contributed by atoms with Gasteiger partial charge in [-0.05, 0) is 12.1 Å². The molecule has 0 amide bonds. The minimum atomic E-state index is -3.51. The molecule has 0 unspecified atom stereocenters. The van der Waals surface area contributed by atoms with Crippen LogP contribution in [0.4, 0.5) is 5.69 Å². The van der Waals surface area contributed by atoms with Gasteiger partial charge in [0.1, 0.15) is 0 Å². The smallest absolute Gasteiger partial charge is 0.301 e. The van der Waals surface area contributed by atoms with E-state index in [1.54, 1.807) is 18.2 Å². The average Bonchev–Trinajstić information content (AvgIpc) is 3.02. The van der Waals surface area contributed by atoms with Crippen molar-refractivity contribution in [1.29, 1.82) is 0 Å². The summed E-state index contributed by atoms with van der Waals surface area (Å²) >= 11 is 0. The van der Waals surface area contributed by atoms with Gasteiger partial charge >= 0.3 is 10.2 Å². The molecule has 0 bridgehead atoms. The molecule has 21 heavy (non-hydrogen) atoms. The fourth-order valence-corrected chi connectivity index (χ4v) is 3.62. The van der Waals surface area contributed by atoms with Crippen molar-refractivity contribution in [2.45, 2.75) is 6.29 Å². The summed E-state index contributed by atoms with van der Waals surface area (Å²) in [4.78, 5) is 0. The number of anilines is 1. The summed E-state index contributed by atoms with van der Waals surface area (Å²) in [6, 6.07) is 7.11. The normalized spacial score (nSPS) is 21.5. The molecule has 1 aromatic carbocycles. The molecule has 116 valence electrons. The largest absolute Gasteiger partial charge is 0.346 e. The Balaban J connectivity index is 1.73. The highest BCUT2D eigenvalue weighted by Gasteiger charge is 2.24. The van der Waals surface area contributed by atoms with Gasteiger partial charge in [0.2, 0.25) is 0 Å². The molecule has 2 heterocycles. The van der Waals surface area contributed by atoms with Crippen LogP contribution in [-0.4, -0.2) is 52.1 Å². The minimum Gasteiger partial charge on any atom is -0.346 e. The molecule has 2 N–H and O–H groups in total. The molecule has 0 atom stereocenters. The van der Waals surface area contributed by atoms with Crippen molar-refractivity contribution in [2.24, 2.45) is 0 Å². The van der Waals surface area contributed by atoms with Gasteiger partial charge in [0.05, 0.1) is 18.9 Å². The summed E-state index contributed by atoms with van der Waals surface area (Å²) in [6.45, 7) is 3.41. The van der Waals surface area contributed by atoms with Crippen LogP contribution in [-0.2, 0) is 19.7 Å². The van der Waals surface area contributed by atoms with E-state index in [2.05, 4.69) is 10.0 Å². The van der Waals surface area contributed by atoms with Crippen LogP contribution in [0.3, 0.4) is 0 Å². The second kappa shape index (κ2) is 6.29. The second-order valence-electron chi connectivity index (χ2n) is 4.96. The SMILES string of the molecule is O=S(=O)(Nc1cccc(C2OCCO2)c1)N1CCNCC1. The predicted octanol–water partition coefficient (Wildman–Crippen LogP) is 0.294. The number of nitrogens with one attached hydrogen (secondary N) is 2.